The van der Waals surface area contributed by atoms with Crippen LogP contribution < -0.4 is 10.2 Å². The molecule has 1 fully saturated rings. The van der Waals surface area contributed by atoms with E-state index >= 15 is 0 Å². The van der Waals surface area contributed by atoms with Crippen LogP contribution in [0.4, 0.5) is 5.69 Å². The van der Waals surface area contributed by atoms with Crippen LogP contribution in [0.25, 0.3) is 0 Å². The molecule has 0 aliphatic carbocycles. The summed E-state index contributed by atoms with van der Waals surface area (Å²) in [5.41, 5.74) is 2.55. The number of hydrogen-bond donors (Lipinski definition) is 1. The number of nitrogens with one attached hydrogen (secondary N) is 1. The molecule has 0 aromatic heterocycles. The summed E-state index contributed by atoms with van der Waals surface area (Å²) in [6, 6.07) is 7.07. The molecule has 0 bridgehead atoms. The van der Waals surface area contributed by atoms with Gasteiger partial charge in [-0.25, -0.2) is 0 Å². The summed E-state index contributed by atoms with van der Waals surface area (Å²) in [4.78, 5) is 4.71. The molecule has 1 N–H and O–H groups in total. The fourth-order valence-electron chi connectivity index (χ4n) is 2.46. The quantitative estimate of drug-likeness (QED) is 0.922. The highest BCUT2D eigenvalue weighted by Gasteiger charge is 2.18. The van der Waals surface area contributed by atoms with Crippen LogP contribution in [-0.4, -0.2) is 51.2 Å². The number of hydrogen-bond acceptors (Lipinski definition) is 3. The number of rotatable bonds is 3. The number of likely N-dealkylation sites (N-methyl/N-ethyl adjacent to an activating group) is 2. The maximum Gasteiger partial charge on any atom is 0.0508 e. The Kier molecular flexibility index (Phi) is 4.65. The third-order valence-electron chi connectivity index (χ3n) is 3.47. The first-order valence-electron chi connectivity index (χ1n) is 6.45. The molecule has 18 heavy (non-hydrogen) atoms. The summed E-state index contributed by atoms with van der Waals surface area (Å²) in [7, 11) is 4.35. The fraction of sp³-hybridized carbons (Fsp3) is 0.571. The van der Waals surface area contributed by atoms with Gasteiger partial charge in [-0.3, -0.25) is 0 Å². The predicted octanol–water partition coefficient (Wildman–Crippen LogP) is 2.10. The average molecular weight is 312 g/mol. The molecule has 100 valence electrons. The van der Waals surface area contributed by atoms with Crippen molar-refractivity contribution in [1.29, 1.82) is 0 Å². The minimum Gasteiger partial charge on any atom is -0.372 e. The lowest BCUT2D eigenvalue weighted by Gasteiger charge is -2.34. The normalized spacial score (nSPS) is 21.0. The molecular weight excluding hydrogens is 290 g/mol. The second kappa shape index (κ2) is 6.04. The third-order valence-corrected chi connectivity index (χ3v) is 4.10. The van der Waals surface area contributed by atoms with Gasteiger partial charge >= 0.3 is 0 Å². The molecule has 0 saturated carbocycles. The zero-order valence-electron chi connectivity index (χ0n) is 11.4. The van der Waals surface area contributed by atoms with Crippen LogP contribution in [0.2, 0.25) is 0 Å². The van der Waals surface area contributed by atoms with Gasteiger partial charge in [-0.2, -0.15) is 0 Å². The Labute approximate surface area is 118 Å². The second-order valence-corrected chi connectivity index (χ2v) is 6.10. The minimum absolute atomic E-state index is 0.543. The molecule has 0 spiro atoms. The van der Waals surface area contributed by atoms with Gasteiger partial charge in [0.15, 0.2) is 0 Å². The van der Waals surface area contributed by atoms with Gasteiger partial charge in [-0.15, -0.1) is 0 Å². The zero-order chi connectivity index (χ0) is 13.1. The van der Waals surface area contributed by atoms with Crippen LogP contribution in [-0.2, 0) is 0 Å². The summed E-state index contributed by atoms with van der Waals surface area (Å²) in [5.74, 6) is 0. The molecule has 1 saturated heterocycles. The Morgan fingerprint density at radius 1 is 1.50 bits per heavy atom. The van der Waals surface area contributed by atoms with Crippen molar-refractivity contribution in [2.24, 2.45) is 0 Å². The van der Waals surface area contributed by atoms with E-state index in [1.165, 1.54) is 15.7 Å². The van der Waals surface area contributed by atoms with Crippen LogP contribution in [0.3, 0.4) is 0 Å². The molecule has 4 heteroatoms. The number of benzene rings is 1. The molecule has 1 unspecified atom stereocenters. The van der Waals surface area contributed by atoms with Crippen molar-refractivity contribution in [2.45, 2.75) is 13.0 Å². The predicted molar refractivity (Wildman–Crippen MR) is 81.4 cm³/mol. The fourth-order valence-corrected chi connectivity index (χ4v) is 3.26. The SMILES string of the molecule is Cc1ccc(N(C)CC2CN(C)CCN2)c(Br)c1. The van der Waals surface area contributed by atoms with E-state index in [4.69, 9.17) is 0 Å². The highest BCUT2D eigenvalue weighted by atomic mass is 79.9. The standard InChI is InChI=1S/C14H22BrN3/c1-11-4-5-14(13(15)8-11)18(3)10-12-9-17(2)7-6-16-12/h4-5,8,12,16H,6-7,9-10H2,1-3H3. The first kappa shape index (κ1) is 13.8. The van der Waals surface area contributed by atoms with Crippen molar-refractivity contribution in [1.82, 2.24) is 10.2 Å². The van der Waals surface area contributed by atoms with E-state index in [0.29, 0.717) is 6.04 Å². The van der Waals surface area contributed by atoms with E-state index in [1.54, 1.807) is 0 Å². The first-order valence-corrected chi connectivity index (χ1v) is 7.25. The van der Waals surface area contributed by atoms with Gasteiger partial charge in [0, 0.05) is 43.7 Å². The number of nitrogens with zero attached hydrogens (tertiary/aromatic N) is 2. The van der Waals surface area contributed by atoms with Crippen molar-refractivity contribution in [2.75, 3.05) is 45.2 Å². The van der Waals surface area contributed by atoms with Gasteiger partial charge in [0.1, 0.15) is 0 Å². The number of anilines is 1. The smallest absolute Gasteiger partial charge is 0.0508 e. The van der Waals surface area contributed by atoms with Crippen molar-refractivity contribution < 1.29 is 0 Å². The second-order valence-electron chi connectivity index (χ2n) is 5.25. The molecule has 0 radical (unpaired) electrons. The van der Waals surface area contributed by atoms with Crippen LogP contribution in [0.1, 0.15) is 5.56 Å². The molecular formula is C14H22BrN3. The van der Waals surface area contributed by atoms with E-state index < -0.39 is 0 Å². The Bertz CT molecular complexity index is 408. The maximum absolute atomic E-state index is 3.65. The van der Waals surface area contributed by atoms with Crippen molar-refractivity contribution in [3.05, 3.63) is 28.2 Å². The lowest BCUT2D eigenvalue weighted by atomic mass is 10.1. The van der Waals surface area contributed by atoms with Gasteiger partial charge in [-0.05, 0) is 47.6 Å². The maximum atomic E-state index is 3.65. The molecule has 1 aromatic carbocycles. The van der Waals surface area contributed by atoms with Gasteiger partial charge < -0.3 is 15.1 Å². The van der Waals surface area contributed by atoms with Crippen molar-refractivity contribution in [3.63, 3.8) is 0 Å². The first-order chi connectivity index (χ1) is 8.56. The Morgan fingerprint density at radius 3 is 2.94 bits per heavy atom. The molecule has 3 nitrogen and oxygen atoms in total. The van der Waals surface area contributed by atoms with Crippen molar-refractivity contribution in [3.8, 4) is 0 Å². The minimum atomic E-state index is 0.543. The molecule has 1 heterocycles. The average Bonchev–Trinajstić information content (AvgIpc) is 2.28. The highest BCUT2D eigenvalue weighted by molar-refractivity contribution is 9.10. The number of piperazine rings is 1. The number of aryl methyl sites for hydroxylation is 1. The van der Waals surface area contributed by atoms with E-state index in [9.17, 15) is 0 Å². The van der Waals surface area contributed by atoms with Gasteiger partial charge in [0.2, 0.25) is 0 Å². The van der Waals surface area contributed by atoms with E-state index in [0.717, 1.165) is 26.2 Å². The largest absolute Gasteiger partial charge is 0.372 e. The molecule has 0 amide bonds. The lowest BCUT2D eigenvalue weighted by Crippen LogP contribution is -2.53. The highest BCUT2D eigenvalue weighted by Crippen LogP contribution is 2.26. The molecule has 2 rings (SSSR count). The summed E-state index contributed by atoms with van der Waals surface area (Å²) >= 11 is 3.65. The van der Waals surface area contributed by atoms with Gasteiger partial charge in [-0.1, -0.05) is 6.07 Å². The van der Waals surface area contributed by atoms with Gasteiger partial charge in [0.05, 0.1) is 5.69 Å². The summed E-state index contributed by atoms with van der Waals surface area (Å²) in [6.07, 6.45) is 0. The topological polar surface area (TPSA) is 18.5 Å². The Hall–Kier alpha value is -0.580. The Morgan fingerprint density at radius 2 is 2.28 bits per heavy atom. The van der Waals surface area contributed by atoms with Crippen LogP contribution >= 0.6 is 15.9 Å². The summed E-state index contributed by atoms with van der Waals surface area (Å²) in [5, 5.41) is 3.58. The summed E-state index contributed by atoms with van der Waals surface area (Å²) in [6.45, 7) is 6.50. The third kappa shape index (κ3) is 3.46. The van der Waals surface area contributed by atoms with Crippen molar-refractivity contribution >= 4 is 21.6 Å². The van der Waals surface area contributed by atoms with Gasteiger partial charge in [0.25, 0.3) is 0 Å². The monoisotopic (exact) mass is 311 g/mol. The lowest BCUT2D eigenvalue weighted by molar-refractivity contribution is 0.241. The zero-order valence-corrected chi connectivity index (χ0v) is 13.0. The molecule has 1 atom stereocenters. The van der Waals surface area contributed by atoms with Crippen LogP contribution in [0.15, 0.2) is 22.7 Å². The molecule has 1 aromatic rings. The van der Waals surface area contributed by atoms with Crippen LogP contribution in [0, 0.1) is 6.92 Å². The van der Waals surface area contributed by atoms with E-state index in [-0.39, 0.29) is 0 Å². The number of halogens is 1. The van der Waals surface area contributed by atoms with E-state index in [2.05, 4.69) is 70.3 Å². The Balaban J connectivity index is 2.00. The molecule has 1 aliphatic heterocycles. The van der Waals surface area contributed by atoms with E-state index in [1.807, 2.05) is 0 Å². The summed E-state index contributed by atoms with van der Waals surface area (Å²) < 4.78 is 1.18. The van der Waals surface area contributed by atoms with Crippen LogP contribution in [0.5, 0.6) is 0 Å². The molecule has 1 aliphatic rings.